The molecule has 2 amide bonds. The van der Waals surface area contributed by atoms with E-state index in [4.69, 9.17) is 0 Å². The molecule has 1 heterocycles. The second-order valence-corrected chi connectivity index (χ2v) is 6.84. The second-order valence-electron chi connectivity index (χ2n) is 6.84. The van der Waals surface area contributed by atoms with Crippen molar-refractivity contribution in [2.75, 3.05) is 6.54 Å². The topological polar surface area (TPSA) is 49.4 Å². The Balaban J connectivity index is 2.23. The van der Waals surface area contributed by atoms with E-state index < -0.39 is 5.54 Å². The number of nitrogens with one attached hydrogen (secondary N) is 1. The monoisotopic (exact) mass is 280 g/mol. The van der Waals surface area contributed by atoms with Gasteiger partial charge in [-0.25, -0.2) is 0 Å². The zero-order chi connectivity index (χ0) is 15.0. The van der Waals surface area contributed by atoms with Crippen LogP contribution in [0.3, 0.4) is 0 Å². The van der Waals surface area contributed by atoms with Crippen LogP contribution in [0, 0.1) is 5.41 Å². The van der Waals surface area contributed by atoms with Crippen molar-refractivity contribution >= 4 is 11.8 Å². The van der Waals surface area contributed by atoms with E-state index >= 15 is 0 Å². The van der Waals surface area contributed by atoms with Gasteiger partial charge in [0.05, 0.1) is 0 Å². The van der Waals surface area contributed by atoms with E-state index in [0.29, 0.717) is 6.42 Å². The second kappa shape index (κ2) is 5.38. The molecule has 0 aromatic heterocycles. The summed E-state index contributed by atoms with van der Waals surface area (Å²) in [6.07, 6.45) is 6.60. The summed E-state index contributed by atoms with van der Waals surface area (Å²) in [5, 5.41) is 2.90. The molecule has 2 aliphatic rings. The molecule has 0 aromatic rings. The molecule has 2 rings (SSSR count). The van der Waals surface area contributed by atoms with Gasteiger partial charge < -0.3 is 10.2 Å². The molecule has 2 fully saturated rings. The summed E-state index contributed by atoms with van der Waals surface area (Å²) in [7, 11) is 0. The number of hydrogen-bond acceptors (Lipinski definition) is 2. The Labute approximate surface area is 122 Å². The van der Waals surface area contributed by atoms with E-state index in [1.54, 1.807) is 0 Å². The Morgan fingerprint density at radius 1 is 1.20 bits per heavy atom. The van der Waals surface area contributed by atoms with Gasteiger partial charge in [-0.05, 0) is 44.9 Å². The van der Waals surface area contributed by atoms with Crippen LogP contribution in [0.4, 0.5) is 0 Å². The molecule has 0 aromatic carbocycles. The summed E-state index contributed by atoms with van der Waals surface area (Å²) < 4.78 is 0. The third-order valence-corrected chi connectivity index (χ3v) is 5.61. The molecular formula is C16H28N2O2. The molecule has 4 nitrogen and oxygen atoms in total. The molecule has 0 spiro atoms. The number of carbonyl (C=O) groups is 2. The van der Waals surface area contributed by atoms with Crippen molar-refractivity contribution in [1.29, 1.82) is 0 Å². The van der Waals surface area contributed by atoms with Gasteiger partial charge in [0.2, 0.25) is 11.8 Å². The number of amides is 2. The molecule has 1 aliphatic heterocycles. The Morgan fingerprint density at radius 2 is 1.80 bits per heavy atom. The van der Waals surface area contributed by atoms with Crippen LogP contribution in [-0.4, -0.2) is 34.8 Å². The quantitative estimate of drug-likeness (QED) is 0.860. The van der Waals surface area contributed by atoms with E-state index in [1.807, 2.05) is 25.7 Å². The molecule has 2 atom stereocenters. The zero-order valence-electron chi connectivity index (χ0n) is 13.3. The van der Waals surface area contributed by atoms with Crippen molar-refractivity contribution in [1.82, 2.24) is 10.2 Å². The first-order valence-corrected chi connectivity index (χ1v) is 8.00. The van der Waals surface area contributed by atoms with Gasteiger partial charge in [0.25, 0.3) is 0 Å². The maximum absolute atomic E-state index is 12.8. The highest BCUT2D eigenvalue weighted by atomic mass is 16.2. The van der Waals surface area contributed by atoms with Gasteiger partial charge >= 0.3 is 0 Å². The highest BCUT2D eigenvalue weighted by Crippen LogP contribution is 2.42. The van der Waals surface area contributed by atoms with E-state index in [2.05, 4.69) is 12.2 Å². The third-order valence-electron chi connectivity index (χ3n) is 5.61. The number of hydrogen-bond donors (Lipinski definition) is 1. The smallest absolute Gasteiger partial charge is 0.248 e. The van der Waals surface area contributed by atoms with Gasteiger partial charge in [0.15, 0.2) is 0 Å². The normalized spacial score (nSPS) is 33.4. The predicted molar refractivity (Wildman–Crippen MR) is 79.2 cm³/mol. The fourth-order valence-electron chi connectivity index (χ4n) is 3.62. The summed E-state index contributed by atoms with van der Waals surface area (Å²) in [4.78, 5) is 26.8. The summed E-state index contributed by atoms with van der Waals surface area (Å²) in [5.74, 6) is 0.0741. The molecule has 1 saturated heterocycles. The van der Waals surface area contributed by atoms with Crippen LogP contribution in [0.5, 0.6) is 0 Å². The van der Waals surface area contributed by atoms with Crippen molar-refractivity contribution in [3.8, 4) is 0 Å². The molecule has 114 valence electrons. The van der Waals surface area contributed by atoms with E-state index in [-0.39, 0.29) is 23.3 Å². The summed E-state index contributed by atoms with van der Waals surface area (Å²) in [6, 6.07) is -0.342. The average molecular weight is 280 g/mol. The number of carbonyl (C=O) groups excluding carboxylic acids is 2. The maximum Gasteiger partial charge on any atom is 0.248 e. The van der Waals surface area contributed by atoms with E-state index in [1.165, 1.54) is 25.7 Å². The van der Waals surface area contributed by atoms with Gasteiger partial charge in [0, 0.05) is 6.54 Å². The molecule has 4 heteroatoms. The van der Waals surface area contributed by atoms with Gasteiger partial charge in [-0.3, -0.25) is 9.59 Å². The standard InChI is InChI=1S/C16H28N2O2/c1-5-15(4)14(20)18(12(3)13(19)17-15)11-16(6-2)9-7-8-10-16/h12H,5-11H2,1-4H3,(H,17,19). The first-order valence-electron chi connectivity index (χ1n) is 8.00. The van der Waals surface area contributed by atoms with Crippen LogP contribution < -0.4 is 5.32 Å². The van der Waals surface area contributed by atoms with Crippen molar-refractivity contribution in [3.63, 3.8) is 0 Å². The van der Waals surface area contributed by atoms with E-state index in [9.17, 15) is 9.59 Å². The predicted octanol–water partition coefficient (Wildman–Crippen LogP) is 2.47. The number of piperazine rings is 1. The lowest BCUT2D eigenvalue weighted by molar-refractivity contribution is -0.155. The summed E-state index contributed by atoms with van der Waals surface area (Å²) in [6.45, 7) is 8.60. The van der Waals surface area contributed by atoms with Crippen molar-refractivity contribution in [3.05, 3.63) is 0 Å². The molecule has 1 N–H and O–H groups in total. The van der Waals surface area contributed by atoms with Crippen LogP contribution in [0.25, 0.3) is 0 Å². The third kappa shape index (κ3) is 2.45. The van der Waals surface area contributed by atoms with E-state index in [0.717, 1.165) is 13.0 Å². The van der Waals surface area contributed by atoms with Gasteiger partial charge in [-0.2, -0.15) is 0 Å². The Hall–Kier alpha value is -1.06. The van der Waals surface area contributed by atoms with Crippen LogP contribution >= 0.6 is 0 Å². The van der Waals surface area contributed by atoms with Crippen molar-refractivity contribution in [2.45, 2.75) is 77.8 Å². The lowest BCUT2D eigenvalue weighted by Crippen LogP contribution is -2.69. The lowest BCUT2D eigenvalue weighted by Gasteiger charge is -2.46. The molecule has 20 heavy (non-hydrogen) atoms. The molecular weight excluding hydrogens is 252 g/mol. The van der Waals surface area contributed by atoms with Crippen LogP contribution in [0.2, 0.25) is 0 Å². The first-order chi connectivity index (χ1) is 9.37. The van der Waals surface area contributed by atoms with Gasteiger partial charge in [-0.1, -0.05) is 26.7 Å². The van der Waals surface area contributed by atoms with Gasteiger partial charge in [0.1, 0.15) is 11.6 Å². The minimum absolute atomic E-state index is 0.0156. The SMILES string of the molecule is CCC1(CN2C(=O)C(C)(CC)NC(=O)C2C)CCCC1. The average Bonchev–Trinajstić information content (AvgIpc) is 2.91. The summed E-state index contributed by atoms with van der Waals surface area (Å²) in [5.41, 5.74) is -0.493. The Kier molecular flexibility index (Phi) is 4.12. The fraction of sp³-hybridized carbons (Fsp3) is 0.875. The van der Waals surface area contributed by atoms with Crippen LogP contribution in [0.1, 0.15) is 66.2 Å². The van der Waals surface area contributed by atoms with Crippen molar-refractivity contribution < 1.29 is 9.59 Å². The van der Waals surface area contributed by atoms with Crippen molar-refractivity contribution in [2.24, 2.45) is 5.41 Å². The molecule has 1 saturated carbocycles. The Morgan fingerprint density at radius 3 is 2.30 bits per heavy atom. The summed E-state index contributed by atoms with van der Waals surface area (Å²) >= 11 is 0. The highest BCUT2D eigenvalue weighted by molar-refractivity contribution is 5.99. The minimum atomic E-state index is -0.725. The number of nitrogens with zero attached hydrogens (tertiary/aromatic N) is 1. The Bertz CT molecular complexity index is 401. The minimum Gasteiger partial charge on any atom is -0.340 e. The van der Waals surface area contributed by atoms with Crippen LogP contribution in [-0.2, 0) is 9.59 Å². The molecule has 1 aliphatic carbocycles. The molecule has 0 radical (unpaired) electrons. The lowest BCUT2D eigenvalue weighted by atomic mass is 9.81. The van der Waals surface area contributed by atoms with Crippen LogP contribution in [0.15, 0.2) is 0 Å². The first kappa shape index (κ1) is 15.3. The highest BCUT2D eigenvalue weighted by Gasteiger charge is 2.47. The molecule has 2 unspecified atom stereocenters. The fourth-order valence-corrected chi connectivity index (χ4v) is 3.62. The molecule has 0 bridgehead atoms. The van der Waals surface area contributed by atoms with Gasteiger partial charge in [-0.15, -0.1) is 0 Å². The zero-order valence-corrected chi connectivity index (χ0v) is 13.3. The largest absolute Gasteiger partial charge is 0.340 e. The number of rotatable bonds is 4. The maximum atomic E-state index is 12.8.